The highest BCUT2D eigenvalue weighted by Gasteiger charge is 2.38. The first-order valence-electron chi connectivity index (χ1n) is 19.4. The number of nitrogens with zero attached hydrogens (tertiary/aromatic N) is 4. The van der Waals surface area contributed by atoms with Crippen LogP contribution < -0.4 is 5.32 Å². The van der Waals surface area contributed by atoms with Gasteiger partial charge in [-0.2, -0.15) is 0 Å². The van der Waals surface area contributed by atoms with Crippen LogP contribution in [0.1, 0.15) is 76.6 Å². The Balaban J connectivity index is 1.11. The number of ether oxygens (including phenoxy) is 1. The molecule has 0 unspecified atom stereocenters. The molecule has 0 aliphatic carbocycles. The lowest BCUT2D eigenvalue weighted by molar-refractivity contribution is -0.135. The molecule has 3 atom stereocenters. The Labute approximate surface area is 320 Å². The number of carbonyl (C=O) groups excluding carboxylic acids is 3. The second-order valence-electron chi connectivity index (χ2n) is 14.9. The van der Waals surface area contributed by atoms with Crippen molar-refractivity contribution in [1.82, 2.24) is 35.1 Å². The number of imidazole rings is 2. The normalized spacial score (nSPS) is 17.7. The van der Waals surface area contributed by atoms with Crippen molar-refractivity contribution in [3.05, 3.63) is 96.8 Å². The van der Waals surface area contributed by atoms with E-state index in [9.17, 15) is 14.4 Å². The molecule has 11 heteroatoms. The maximum absolute atomic E-state index is 13.7. The Hall–Kier alpha value is -5.97. The maximum Gasteiger partial charge on any atom is 0.407 e. The molecule has 0 radical (unpaired) electrons. The van der Waals surface area contributed by atoms with Gasteiger partial charge in [0.2, 0.25) is 11.8 Å². The number of aromatic amines is 2. The average Bonchev–Trinajstić information content (AvgIpc) is 4.05. The van der Waals surface area contributed by atoms with E-state index in [1.54, 1.807) is 0 Å². The lowest BCUT2D eigenvalue weighted by Crippen LogP contribution is -2.51. The number of hydrogen-bond acceptors (Lipinski definition) is 6. The fourth-order valence-corrected chi connectivity index (χ4v) is 8.55. The topological polar surface area (TPSA) is 136 Å². The molecule has 3 N–H and O–H groups in total. The van der Waals surface area contributed by atoms with E-state index in [2.05, 4.69) is 88.1 Å². The maximum atomic E-state index is 13.7. The van der Waals surface area contributed by atoms with E-state index < -0.39 is 12.1 Å². The number of methoxy groups -OCH3 is 1. The highest BCUT2D eigenvalue weighted by Crippen LogP contribution is 2.42. The third-order valence-corrected chi connectivity index (χ3v) is 11.3. The van der Waals surface area contributed by atoms with Crippen molar-refractivity contribution in [2.75, 3.05) is 20.2 Å². The first kappa shape index (κ1) is 36.0. The van der Waals surface area contributed by atoms with Crippen LogP contribution in [0.15, 0.2) is 85.2 Å². The van der Waals surface area contributed by atoms with Gasteiger partial charge in [-0.15, -0.1) is 0 Å². The fraction of sp³-hybridized carbons (Fsp3) is 0.341. The van der Waals surface area contributed by atoms with Gasteiger partial charge in [-0.05, 0) is 64.3 Å². The van der Waals surface area contributed by atoms with Crippen LogP contribution in [0.2, 0.25) is 0 Å². The van der Waals surface area contributed by atoms with Crippen molar-refractivity contribution in [3.8, 4) is 33.6 Å². The molecule has 4 aromatic carbocycles. The Morgan fingerprint density at radius 2 is 1.18 bits per heavy atom. The van der Waals surface area contributed by atoms with E-state index >= 15 is 0 Å². The average molecular weight is 738 g/mol. The zero-order valence-corrected chi connectivity index (χ0v) is 31.8. The molecule has 282 valence electrons. The van der Waals surface area contributed by atoms with Gasteiger partial charge in [0.1, 0.15) is 17.7 Å². The van der Waals surface area contributed by atoms with E-state index in [0.717, 1.165) is 99.1 Å². The van der Waals surface area contributed by atoms with Gasteiger partial charge in [0, 0.05) is 43.0 Å². The SMILES string of the molecule is CCC(=O)N1CCC[C@H]1c1nc(-c2ccc(-c3ccc(-c4c[nH]c([C@@H]5CCCN5C(=O)[C@@H](NC(=O)OC)C(C)C)n4)c4ccccc34)c3ccccc23)c[nH]1. The number of fused-ring (bicyclic) bond motifs is 2. The minimum Gasteiger partial charge on any atom is -0.453 e. The smallest absolute Gasteiger partial charge is 0.407 e. The summed E-state index contributed by atoms with van der Waals surface area (Å²) in [5, 5.41) is 7.14. The number of amides is 3. The van der Waals surface area contributed by atoms with E-state index in [1.807, 2.05) is 43.0 Å². The van der Waals surface area contributed by atoms with Crippen molar-refractivity contribution in [3.63, 3.8) is 0 Å². The van der Waals surface area contributed by atoms with Crippen molar-refractivity contribution in [1.29, 1.82) is 0 Å². The van der Waals surface area contributed by atoms with Gasteiger partial charge in [-0.3, -0.25) is 9.59 Å². The molecule has 11 nitrogen and oxygen atoms in total. The third kappa shape index (κ3) is 6.62. The summed E-state index contributed by atoms with van der Waals surface area (Å²) < 4.78 is 4.80. The van der Waals surface area contributed by atoms with Gasteiger partial charge in [0.15, 0.2) is 0 Å². The van der Waals surface area contributed by atoms with Crippen LogP contribution >= 0.6 is 0 Å². The van der Waals surface area contributed by atoms with Gasteiger partial charge in [-0.25, -0.2) is 14.8 Å². The minimum absolute atomic E-state index is 0.0191. The fourth-order valence-electron chi connectivity index (χ4n) is 8.55. The lowest BCUT2D eigenvalue weighted by atomic mass is 9.89. The largest absolute Gasteiger partial charge is 0.453 e. The first-order valence-corrected chi connectivity index (χ1v) is 19.4. The number of likely N-dealkylation sites (tertiary alicyclic amines) is 2. The molecule has 2 saturated heterocycles. The summed E-state index contributed by atoms with van der Waals surface area (Å²) in [6.45, 7) is 7.11. The number of rotatable bonds is 9. The summed E-state index contributed by atoms with van der Waals surface area (Å²) in [5.74, 6) is 1.50. The van der Waals surface area contributed by atoms with Crippen LogP contribution in [-0.4, -0.2) is 73.9 Å². The first-order chi connectivity index (χ1) is 26.8. The summed E-state index contributed by atoms with van der Waals surface area (Å²) in [4.78, 5) is 59.1. The lowest BCUT2D eigenvalue weighted by Gasteiger charge is -2.29. The van der Waals surface area contributed by atoms with E-state index in [4.69, 9.17) is 14.7 Å². The molecule has 0 saturated carbocycles. The zero-order chi connectivity index (χ0) is 38.2. The van der Waals surface area contributed by atoms with Crippen LogP contribution in [0.5, 0.6) is 0 Å². The van der Waals surface area contributed by atoms with Crippen LogP contribution in [0, 0.1) is 5.92 Å². The standard InChI is InChI=1S/C44H47N7O4/c1-5-39(52)50-22-10-16-37(50)41-45-24-35(47-41)33-20-18-31(27-12-6-8-14-29(27)33)32-19-21-34(30-15-9-7-13-28(30)32)36-25-46-42(48-36)38-17-11-23-51(38)43(53)40(26(2)3)49-44(54)55-4/h6-9,12-15,18-21,24-26,37-38,40H,5,10-11,16-17,22-23H2,1-4H3,(H,45,47)(H,46,48)(H,49,54)/t37-,38-,40-/m0/s1. The van der Waals surface area contributed by atoms with Crippen LogP contribution in [0.25, 0.3) is 55.2 Å². The Bertz CT molecular complexity index is 2400. The van der Waals surface area contributed by atoms with Gasteiger partial charge in [0.25, 0.3) is 0 Å². The number of aromatic nitrogens is 4. The van der Waals surface area contributed by atoms with Crippen LogP contribution in [0.3, 0.4) is 0 Å². The number of benzene rings is 4. The second-order valence-corrected chi connectivity index (χ2v) is 14.9. The number of carbonyl (C=O) groups is 3. The molecule has 2 fully saturated rings. The Morgan fingerprint density at radius 3 is 1.65 bits per heavy atom. The summed E-state index contributed by atoms with van der Waals surface area (Å²) in [6, 6.07) is 24.6. The summed E-state index contributed by atoms with van der Waals surface area (Å²) in [5.41, 5.74) is 5.95. The van der Waals surface area contributed by atoms with Crippen LogP contribution in [0.4, 0.5) is 4.79 Å². The molecule has 2 aliphatic rings. The van der Waals surface area contributed by atoms with Gasteiger partial charge in [0.05, 0.1) is 30.6 Å². The third-order valence-electron chi connectivity index (χ3n) is 11.3. The van der Waals surface area contributed by atoms with Crippen molar-refractivity contribution >= 4 is 39.5 Å². The molecular formula is C44H47N7O4. The van der Waals surface area contributed by atoms with Crippen molar-refractivity contribution < 1.29 is 19.1 Å². The predicted molar refractivity (Wildman–Crippen MR) is 214 cm³/mol. The summed E-state index contributed by atoms with van der Waals surface area (Å²) in [7, 11) is 1.30. The van der Waals surface area contributed by atoms with Crippen molar-refractivity contribution in [2.45, 2.75) is 71.0 Å². The molecule has 2 aromatic heterocycles. The van der Waals surface area contributed by atoms with E-state index in [0.29, 0.717) is 13.0 Å². The highest BCUT2D eigenvalue weighted by atomic mass is 16.5. The van der Waals surface area contributed by atoms with E-state index in [-0.39, 0.29) is 29.8 Å². The Morgan fingerprint density at radius 1 is 0.727 bits per heavy atom. The van der Waals surface area contributed by atoms with E-state index in [1.165, 1.54) is 7.11 Å². The minimum atomic E-state index is -0.693. The molecular weight excluding hydrogens is 691 g/mol. The highest BCUT2D eigenvalue weighted by molar-refractivity contribution is 6.11. The molecule has 3 amide bonds. The van der Waals surface area contributed by atoms with Gasteiger partial charge in [-0.1, -0.05) is 93.6 Å². The molecule has 4 heterocycles. The number of alkyl carbamates (subject to hydrolysis) is 1. The quantitative estimate of drug-likeness (QED) is 0.136. The molecule has 6 aromatic rings. The molecule has 2 aliphatic heterocycles. The molecule has 8 rings (SSSR count). The van der Waals surface area contributed by atoms with Gasteiger partial charge < -0.3 is 29.8 Å². The zero-order valence-electron chi connectivity index (χ0n) is 31.8. The summed E-state index contributed by atoms with van der Waals surface area (Å²) >= 11 is 0. The molecule has 55 heavy (non-hydrogen) atoms. The number of H-pyrrole nitrogens is 2. The predicted octanol–water partition coefficient (Wildman–Crippen LogP) is 8.56. The Kier molecular flexibility index (Phi) is 9.86. The molecule has 0 bridgehead atoms. The summed E-state index contributed by atoms with van der Waals surface area (Å²) in [6.07, 6.45) is 7.29. The second kappa shape index (κ2) is 15.0. The van der Waals surface area contributed by atoms with Gasteiger partial charge >= 0.3 is 6.09 Å². The monoisotopic (exact) mass is 737 g/mol. The van der Waals surface area contributed by atoms with Crippen molar-refractivity contribution in [2.24, 2.45) is 5.92 Å². The molecule has 0 spiro atoms. The number of nitrogens with one attached hydrogen (secondary N) is 3. The van der Waals surface area contributed by atoms with Crippen LogP contribution in [-0.2, 0) is 14.3 Å². The number of hydrogen-bond donors (Lipinski definition) is 3.